The van der Waals surface area contributed by atoms with Gasteiger partial charge >= 0.3 is 0 Å². The maximum Gasteiger partial charge on any atom is 0.270 e. The van der Waals surface area contributed by atoms with Gasteiger partial charge in [0, 0.05) is 24.0 Å². The molecule has 1 aliphatic heterocycles. The van der Waals surface area contributed by atoms with Crippen molar-refractivity contribution in [3.05, 3.63) is 51.3 Å². The molecule has 2 N–H and O–H groups in total. The minimum absolute atomic E-state index is 0.0283. The van der Waals surface area contributed by atoms with Crippen molar-refractivity contribution < 1.29 is 9.59 Å². The molecule has 2 aliphatic rings. The van der Waals surface area contributed by atoms with E-state index in [1.807, 2.05) is 6.92 Å². The lowest BCUT2D eigenvalue weighted by Crippen LogP contribution is -2.42. The van der Waals surface area contributed by atoms with Crippen LogP contribution in [0.5, 0.6) is 0 Å². The van der Waals surface area contributed by atoms with E-state index in [2.05, 4.69) is 20.6 Å². The van der Waals surface area contributed by atoms with Gasteiger partial charge in [0.05, 0.1) is 5.69 Å². The molecule has 0 aromatic carbocycles. The van der Waals surface area contributed by atoms with Gasteiger partial charge in [0.1, 0.15) is 23.5 Å². The van der Waals surface area contributed by atoms with Crippen LogP contribution in [0.3, 0.4) is 0 Å². The molecule has 0 atom stereocenters. The van der Waals surface area contributed by atoms with Gasteiger partial charge in [0.25, 0.3) is 11.5 Å². The first-order valence-electron chi connectivity index (χ1n) is 8.96. The van der Waals surface area contributed by atoms with Gasteiger partial charge in [0.2, 0.25) is 5.91 Å². The summed E-state index contributed by atoms with van der Waals surface area (Å²) in [6.07, 6.45) is 3.50. The molecule has 2 aromatic rings. The van der Waals surface area contributed by atoms with Crippen molar-refractivity contribution in [2.45, 2.75) is 45.7 Å². The highest BCUT2D eigenvalue weighted by atomic mass is 16.2. The number of anilines is 1. The summed E-state index contributed by atoms with van der Waals surface area (Å²) >= 11 is 0. The fourth-order valence-corrected chi connectivity index (χ4v) is 3.48. The third kappa shape index (κ3) is 3.11. The van der Waals surface area contributed by atoms with Gasteiger partial charge in [-0.15, -0.1) is 0 Å². The number of carbonyl (C=O) groups is 2. The number of nitrogens with one attached hydrogen (secondary N) is 2. The molecular formula is C19H21N5O3. The van der Waals surface area contributed by atoms with Crippen LogP contribution in [0.1, 0.15) is 54.0 Å². The van der Waals surface area contributed by atoms with Crippen LogP contribution < -0.4 is 16.2 Å². The number of aromatic nitrogens is 3. The maximum atomic E-state index is 13.0. The number of hydrogen-bond acceptors (Lipinski definition) is 5. The summed E-state index contributed by atoms with van der Waals surface area (Å²) in [5.74, 6) is 0.249. The van der Waals surface area contributed by atoms with E-state index in [1.54, 1.807) is 26.0 Å². The number of nitrogens with zero attached hydrogens (tertiary/aromatic N) is 3. The average molecular weight is 367 g/mol. The van der Waals surface area contributed by atoms with Crippen molar-refractivity contribution in [2.75, 3.05) is 5.32 Å². The van der Waals surface area contributed by atoms with Crippen LogP contribution in [-0.2, 0) is 16.9 Å². The first-order chi connectivity index (χ1) is 12.8. The number of rotatable bonds is 4. The molecular weight excluding hydrogens is 346 g/mol. The molecule has 27 heavy (non-hydrogen) atoms. The van der Waals surface area contributed by atoms with E-state index < -0.39 is 5.66 Å². The highest BCUT2D eigenvalue weighted by Crippen LogP contribution is 2.30. The first-order valence-corrected chi connectivity index (χ1v) is 8.96. The second-order valence-corrected chi connectivity index (χ2v) is 7.69. The number of carbonyl (C=O) groups excluding carboxylic acids is 2. The summed E-state index contributed by atoms with van der Waals surface area (Å²) in [6, 6.07) is 3.42. The Morgan fingerprint density at radius 3 is 2.74 bits per heavy atom. The fourth-order valence-electron chi connectivity index (χ4n) is 3.48. The zero-order valence-electron chi connectivity index (χ0n) is 15.5. The number of pyridine rings is 1. The van der Waals surface area contributed by atoms with Crippen LogP contribution in [0.25, 0.3) is 0 Å². The van der Waals surface area contributed by atoms with Crippen molar-refractivity contribution in [3.8, 4) is 0 Å². The molecule has 0 unspecified atom stereocenters. The molecule has 0 saturated heterocycles. The summed E-state index contributed by atoms with van der Waals surface area (Å²) < 4.78 is 1.51. The number of amides is 2. The van der Waals surface area contributed by atoms with Crippen LogP contribution in [0.2, 0.25) is 0 Å². The van der Waals surface area contributed by atoms with E-state index in [9.17, 15) is 14.4 Å². The lowest BCUT2D eigenvalue weighted by Gasteiger charge is -2.22. The summed E-state index contributed by atoms with van der Waals surface area (Å²) in [4.78, 5) is 45.4. The average Bonchev–Trinajstić information content (AvgIpc) is 3.38. The van der Waals surface area contributed by atoms with E-state index in [1.165, 1.54) is 10.9 Å². The Balaban J connectivity index is 1.66. The third-order valence-corrected chi connectivity index (χ3v) is 4.95. The van der Waals surface area contributed by atoms with E-state index in [-0.39, 0.29) is 23.3 Å². The lowest BCUT2D eigenvalue weighted by molar-refractivity contribution is -0.117. The van der Waals surface area contributed by atoms with Gasteiger partial charge in [0.15, 0.2) is 0 Å². The molecule has 140 valence electrons. The second-order valence-electron chi connectivity index (χ2n) is 7.69. The second kappa shape index (κ2) is 6.00. The molecule has 1 saturated carbocycles. The van der Waals surface area contributed by atoms with E-state index in [0.717, 1.165) is 18.4 Å². The predicted molar refractivity (Wildman–Crippen MR) is 98.4 cm³/mol. The Bertz CT molecular complexity index is 1020. The number of fused-ring (bicyclic) bond motifs is 1. The highest BCUT2D eigenvalue weighted by molar-refractivity contribution is 5.96. The summed E-state index contributed by atoms with van der Waals surface area (Å²) in [5, 5.41) is 5.62. The van der Waals surface area contributed by atoms with Crippen LogP contribution in [0.15, 0.2) is 23.3 Å². The first kappa shape index (κ1) is 17.4. The van der Waals surface area contributed by atoms with Gasteiger partial charge in [-0.2, -0.15) is 0 Å². The topological polar surface area (TPSA) is 106 Å². The zero-order valence-corrected chi connectivity index (χ0v) is 15.5. The summed E-state index contributed by atoms with van der Waals surface area (Å²) in [6.45, 7) is 5.40. The minimum atomic E-state index is -0.778. The van der Waals surface area contributed by atoms with Gasteiger partial charge < -0.3 is 10.6 Å². The zero-order chi connectivity index (χ0) is 19.3. The lowest BCUT2D eigenvalue weighted by atomic mass is 10.1. The van der Waals surface area contributed by atoms with Crippen LogP contribution in [-0.4, -0.2) is 26.3 Å². The molecule has 8 nitrogen and oxygen atoms in total. The van der Waals surface area contributed by atoms with Crippen molar-refractivity contribution in [3.63, 3.8) is 0 Å². The molecule has 3 heterocycles. The SMILES string of the molecule is Cc1cc(Cc2cc(NC(=O)C3CC3)ncn2)c(=O)n2c1C(=O)NC2(C)C. The van der Waals surface area contributed by atoms with Crippen molar-refractivity contribution >= 4 is 17.6 Å². The van der Waals surface area contributed by atoms with Crippen LogP contribution in [0, 0.1) is 12.8 Å². The highest BCUT2D eigenvalue weighted by Gasteiger charge is 2.37. The third-order valence-electron chi connectivity index (χ3n) is 4.95. The van der Waals surface area contributed by atoms with Gasteiger partial charge in [-0.1, -0.05) is 0 Å². The van der Waals surface area contributed by atoms with Gasteiger partial charge in [-0.25, -0.2) is 9.97 Å². The maximum absolute atomic E-state index is 13.0. The van der Waals surface area contributed by atoms with E-state index in [4.69, 9.17) is 0 Å². The quantitative estimate of drug-likeness (QED) is 0.848. The Hall–Kier alpha value is -3.03. The summed E-state index contributed by atoms with van der Waals surface area (Å²) in [5.41, 5.74) is 1.31. The van der Waals surface area contributed by atoms with Crippen LogP contribution in [0.4, 0.5) is 5.82 Å². The molecule has 1 fully saturated rings. The molecule has 0 bridgehead atoms. The predicted octanol–water partition coefficient (Wildman–Crippen LogP) is 1.32. The molecule has 1 aliphatic carbocycles. The molecule has 2 aromatic heterocycles. The van der Waals surface area contributed by atoms with Gasteiger partial charge in [-0.05, 0) is 45.2 Å². The van der Waals surface area contributed by atoms with Crippen molar-refractivity contribution in [1.82, 2.24) is 19.9 Å². The molecule has 4 rings (SSSR count). The van der Waals surface area contributed by atoms with Crippen molar-refractivity contribution in [2.24, 2.45) is 5.92 Å². The molecule has 2 amide bonds. The smallest absolute Gasteiger partial charge is 0.270 e. The Morgan fingerprint density at radius 2 is 2.04 bits per heavy atom. The Kier molecular flexibility index (Phi) is 3.87. The number of hydrogen-bond donors (Lipinski definition) is 2. The minimum Gasteiger partial charge on any atom is -0.328 e. The Morgan fingerprint density at radius 1 is 1.30 bits per heavy atom. The molecule has 0 radical (unpaired) electrons. The van der Waals surface area contributed by atoms with E-state index >= 15 is 0 Å². The normalized spacial score (nSPS) is 17.4. The summed E-state index contributed by atoms with van der Waals surface area (Å²) in [7, 11) is 0. The molecule has 0 spiro atoms. The molecule has 8 heteroatoms. The van der Waals surface area contributed by atoms with Gasteiger partial charge in [-0.3, -0.25) is 19.0 Å². The fraction of sp³-hybridized carbons (Fsp3) is 0.421. The van der Waals surface area contributed by atoms with Crippen molar-refractivity contribution in [1.29, 1.82) is 0 Å². The largest absolute Gasteiger partial charge is 0.328 e. The Labute approximate surface area is 156 Å². The van der Waals surface area contributed by atoms with E-state index in [0.29, 0.717) is 29.2 Å². The standard InChI is InChI=1S/C19H21N5O3/c1-10-6-12(18(27)24-15(10)17(26)23-19(24,2)3)7-13-8-14(21-9-20-13)22-16(25)11-4-5-11/h6,8-9,11H,4-5,7H2,1-3H3,(H,23,26)(H,20,21,22,25). The number of aryl methyl sites for hydroxylation is 1. The monoisotopic (exact) mass is 367 g/mol. The van der Waals surface area contributed by atoms with Crippen LogP contribution >= 0.6 is 0 Å².